The van der Waals surface area contributed by atoms with Crippen LogP contribution < -0.4 is 0 Å². The van der Waals surface area contributed by atoms with E-state index < -0.39 is 15.1 Å². The third-order valence-electron chi connectivity index (χ3n) is 1.68. The van der Waals surface area contributed by atoms with Gasteiger partial charge in [0.25, 0.3) is 5.24 Å². The first kappa shape index (κ1) is 12.6. The number of nitrogens with zero attached hydrogens (tertiary/aromatic N) is 1. The third kappa shape index (κ3) is 2.76. The summed E-state index contributed by atoms with van der Waals surface area (Å²) >= 11 is 6.17. The molecule has 0 amide bonds. The SMILES string of the molecule is CC(C)c1nc(S(C)(=O)=O)sc1C(=O)Cl. The average Bonchev–Trinajstić information content (AvgIpc) is 2.45. The number of aromatic nitrogens is 1. The van der Waals surface area contributed by atoms with Gasteiger partial charge in [0, 0.05) is 6.26 Å². The van der Waals surface area contributed by atoms with Crippen molar-refractivity contribution in [2.75, 3.05) is 6.26 Å². The van der Waals surface area contributed by atoms with Crippen molar-refractivity contribution < 1.29 is 13.2 Å². The van der Waals surface area contributed by atoms with Gasteiger partial charge in [0.1, 0.15) is 4.88 Å². The summed E-state index contributed by atoms with van der Waals surface area (Å²) in [7, 11) is -3.37. The molecule has 0 atom stereocenters. The van der Waals surface area contributed by atoms with Crippen molar-refractivity contribution in [3.05, 3.63) is 10.6 Å². The molecule has 0 bridgehead atoms. The predicted octanol–water partition coefficient (Wildman–Crippen LogP) is 2.05. The molecule has 0 radical (unpaired) electrons. The molecule has 15 heavy (non-hydrogen) atoms. The zero-order chi connectivity index (χ0) is 11.8. The molecule has 1 rings (SSSR count). The topological polar surface area (TPSA) is 64.1 Å². The zero-order valence-electron chi connectivity index (χ0n) is 8.44. The normalized spacial score (nSPS) is 12.1. The van der Waals surface area contributed by atoms with Crippen LogP contribution in [0.3, 0.4) is 0 Å². The van der Waals surface area contributed by atoms with E-state index in [1.807, 2.05) is 13.8 Å². The summed E-state index contributed by atoms with van der Waals surface area (Å²) in [5.74, 6) is -0.0329. The van der Waals surface area contributed by atoms with Crippen LogP contribution in [0.15, 0.2) is 4.34 Å². The van der Waals surface area contributed by atoms with Crippen LogP contribution in [0.1, 0.15) is 35.1 Å². The Morgan fingerprint density at radius 3 is 2.27 bits per heavy atom. The molecule has 0 N–H and O–H groups in total. The van der Waals surface area contributed by atoms with Crippen molar-refractivity contribution in [2.45, 2.75) is 24.1 Å². The monoisotopic (exact) mass is 267 g/mol. The van der Waals surface area contributed by atoms with Crippen molar-refractivity contribution in [3.8, 4) is 0 Å². The van der Waals surface area contributed by atoms with Gasteiger partial charge >= 0.3 is 0 Å². The third-order valence-corrected chi connectivity index (χ3v) is 4.73. The number of sulfone groups is 1. The van der Waals surface area contributed by atoms with Gasteiger partial charge in [-0.2, -0.15) is 0 Å². The summed E-state index contributed by atoms with van der Waals surface area (Å²) in [6, 6.07) is 0. The van der Waals surface area contributed by atoms with E-state index in [1.165, 1.54) is 0 Å². The van der Waals surface area contributed by atoms with Crippen LogP contribution in [-0.4, -0.2) is 24.9 Å². The number of halogens is 1. The summed E-state index contributed by atoms with van der Waals surface area (Å²) in [6.45, 7) is 3.65. The van der Waals surface area contributed by atoms with Gasteiger partial charge in [0.05, 0.1) is 5.69 Å². The fourth-order valence-electron chi connectivity index (χ4n) is 1.00. The number of hydrogen-bond acceptors (Lipinski definition) is 5. The fraction of sp³-hybridized carbons (Fsp3) is 0.500. The molecule has 84 valence electrons. The maximum Gasteiger partial charge on any atom is 0.264 e. The van der Waals surface area contributed by atoms with Crippen molar-refractivity contribution in [1.82, 2.24) is 4.98 Å². The number of hydrogen-bond donors (Lipinski definition) is 0. The highest BCUT2D eigenvalue weighted by molar-refractivity contribution is 7.92. The molecule has 1 aromatic heterocycles. The first-order valence-electron chi connectivity index (χ1n) is 4.14. The Labute approximate surface area is 97.2 Å². The first-order chi connectivity index (χ1) is 6.73. The molecular formula is C8H10ClNO3S2. The van der Waals surface area contributed by atoms with E-state index in [9.17, 15) is 13.2 Å². The largest absolute Gasteiger partial charge is 0.275 e. The van der Waals surface area contributed by atoms with Gasteiger partial charge in [-0.25, -0.2) is 13.4 Å². The van der Waals surface area contributed by atoms with E-state index in [0.29, 0.717) is 5.69 Å². The van der Waals surface area contributed by atoms with Crippen molar-refractivity contribution in [2.24, 2.45) is 0 Å². The molecule has 0 unspecified atom stereocenters. The van der Waals surface area contributed by atoms with Crippen molar-refractivity contribution >= 4 is 38.0 Å². The highest BCUT2D eigenvalue weighted by atomic mass is 35.5. The Balaban J connectivity index is 3.41. The van der Waals surface area contributed by atoms with E-state index >= 15 is 0 Å². The van der Waals surface area contributed by atoms with Crippen LogP contribution >= 0.6 is 22.9 Å². The van der Waals surface area contributed by atoms with Gasteiger partial charge in [-0.05, 0) is 17.5 Å². The minimum atomic E-state index is -3.37. The number of thiazole rings is 1. The quantitative estimate of drug-likeness (QED) is 0.787. The van der Waals surface area contributed by atoms with Gasteiger partial charge in [0.15, 0.2) is 0 Å². The Kier molecular flexibility index (Phi) is 3.52. The molecule has 0 saturated heterocycles. The lowest BCUT2D eigenvalue weighted by Crippen LogP contribution is -1.98. The second-order valence-corrected chi connectivity index (χ2v) is 6.93. The molecule has 0 fully saturated rings. The van der Waals surface area contributed by atoms with Crippen LogP contribution in [0.4, 0.5) is 0 Å². The Morgan fingerprint density at radius 1 is 1.47 bits per heavy atom. The molecule has 0 saturated carbocycles. The van der Waals surface area contributed by atoms with Gasteiger partial charge in [-0.3, -0.25) is 4.79 Å². The highest BCUT2D eigenvalue weighted by Crippen LogP contribution is 2.28. The van der Waals surface area contributed by atoms with Crippen molar-refractivity contribution in [3.63, 3.8) is 0 Å². The van der Waals surface area contributed by atoms with Crippen LogP contribution in [-0.2, 0) is 9.84 Å². The first-order valence-corrected chi connectivity index (χ1v) is 7.22. The minimum Gasteiger partial charge on any atom is -0.275 e. The molecule has 0 aromatic carbocycles. The summed E-state index contributed by atoms with van der Waals surface area (Å²) < 4.78 is 22.4. The number of rotatable bonds is 3. The summed E-state index contributed by atoms with van der Waals surface area (Å²) in [5, 5.41) is -0.661. The van der Waals surface area contributed by atoms with Gasteiger partial charge in [0.2, 0.25) is 14.2 Å². The van der Waals surface area contributed by atoms with Crippen LogP contribution in [0.5, 0.6) is 0 Å². The molecule has 0 aliphatic heterocycles. The molecule has 7 heteroatoms. The summed E-state index contributed by atoms with van der Waals surface area (Å²) in [6.07, 6.45) is 1.05. The Hall–Kier alpha value is -0.460. The maximum absolute atomic E-state index is 11.2. The second-order valence-electron chi connectivity index (χ2n) is 3.39. The van der Waals surface area contributed by atoms with E-state index in [4.69, 9.17) is 11.6 Å². The second kappa shape index (κ2) is 4.19. The zero-order valence-corrected chi connectivity index (χ0v) is 10.8. The summed E-state index contributed by atoms with van der Waals surface area (Å²) in [4.78, 5) is 15.2. The molecule has 1 aromatic rings. The van der Waals surface area contributed by atoms with Crippen LogP contribution in [0, 0.1) is 0 Å². The lowest BCUT2D eigenvalue weighted by atomic mass is 10.1. The predicted molar refractivity (Wildman–Crippen MR) is 59.5 cm³/mol. The maximum atomic E-state index is 11.2. The van der Waals surface area contributed by atoms with Gasteiger partial charge < -0.3 is 0 Å². The number of carbonyl (C=O) groups excluding carboxylic acids is 1. The smallest absolute Gasteiger partial charge is 0.264 e. The van der Waals surface area contributed by atoms with Gasteiger partial charge in [-0.15, -0.1) is 0 Å². The lowest BCUT2D eigenvalue weighted by molar-refractivity contribution is 0.108. The Morgan fingerprint density at radius 2 is 2.00 bits per heavy atom. The van der Waals surface area contributed by atoms with E-state index in [-0.39, 0.29) is 15.1 Å². The number of carbonyl (C=O) groups is 1. The molecular weight excluding hydrogens is 258 g/mol. The molecule has 0 aliphatic rings. The molecule has 4 nitrogen and oxygen atoms in total. The Bertz CT molecular complexity index is 490. The molecule has 0 aliphatic carbocycles. The lowest BCUT2D eigenvalue weighted by Gasteiger charge is -2.00. The highest BCUT2D eigenvalue weighted by Gasteiger charge is 2.23. The summed E-state index contributed by atoms with van der Waals surface area (Å²) in [5.41, 5.74) is 0.445. The fourth-order valence-corrected chi connectivity index (χ4v) is 3.12. The van der Waals surface area contributed by atoms with E-state index in [2.05, 4.69) is 4.98 Å². The van der Waals surface area contributed by atoms with E-state index in [0.717, 1.165) is 17.6 Å². The van der Waals surface area contributed by atoms with Crippen LogP contribution in [0.2, 0.25) is 0 Å². The standard InChI is InChI=1S/C8H10ClNO3S2/c1-4(2)5-6(7(9)11)14-8(10-5)15(3,12)13/h4H,1-3H3. The van der Waals surface area contributed by atoms with Crippen LogP contribution in [0.25, 0.3) is 0 Å². The van der Waals surface area contributed by atoms with Gasteiger partial charge in [-0.1, -0.05) is 25.2 Å². The average molecular weight is 268 g/mol. The van der Waals surface area contributed by atoms with E-state index in [1.54, 1.807) is 0 Å². The molecule has 1 heterocycles. The minimum absolute atomic E-state index is 0.0329. The van der Waals surface area contributed by atoms with Crippen molar-refractivity contribution in [1.29, 1.82) is 0 Å². The molecule has 0 spiro atoms.